The second-order valence-corrected chi connectivity index (χ2v) is 8.00. The van der Waals surface area contributed by atoms with Crippen LogP contribution in [0.1, 0.15) is 30.1 Å². The molecule has 0 spiro atoms. The number of carboxylic acid groups (broad SMARTS) is 1. The van der Waals surface area contributed by atoms with Crippen LogP contribution in [0.4, 0.5) is 0 Å². The summed E-state index contributed by atoms with van der Waals surface area (Å²) in [5.41, 5.74) is 2.48. The molecule has 1 heterocycles. The zero-order chi connectivity index (χ0) is 19.1. The van der Waals surface area contributed by atoms with Crippen molar-refractivity contribution < 1.29 is 19.4 Å². The number of allylic oxidation sites excluding steroid dienone is 1. The van der Waals surface area contributed by atoms with Gasteiger partial charge in [-0.15, -0.1) is 0 Å². The molecule has 5 heteroatoms. The SMILES string of the molecule is CO[C@H](c1ccccc1Br)[C@H](C)[C@H]1C=C(C(=O)O)[C@@H]2Oc3ccccc3[C@H]12. The molecule has 2 aliphatic rings. The molecule has 2 aromatic rings. The van der Waals surface area contributed by atoms with Crippen molar-refractivity contribution in [1.82, 2.24) is 0 Å². The number of hydrogen-bond donors (Lipinski definition) is 1. The Kier molecular flexibility index (Phi) is 4.82. The fourth-order valence-corrected chi connectivity index (χ4v) is 5.02. The molecule has 0 fully saturated rings. The topological polar surface area (TPSA) is 55.8 Å². The summed E-state index contributed by atoms with van der Waals surface area (Å²) in [5.74, 6) is -0.0779. The number of para-hydroxylation sites is 1. The fourth-order valence-electron chi connectivity index (χ4n) is 4.51. The lowest BCUT2D eigenvalue weighted by Crippen LogP contribution is -2.28. The monoisotopic (exact) mass is 428 g/mol. The minimum atomic E-state index is -0.914. The van der Waals surface area contributed by atoms with Crippen molar-refractivity contribution in [3.05, 3.63) is 75.8 Å². The molecule has 140 valence electrons. The first-order valence-corrected chi connectivity index (χ1v) is 9.80. The van der Waals surface area contributed by atoms with Crippen LogP contribution in [0, 0.1) is 11.8 Å². The zero-order valence-electron chi connectivity index (χ0n) is 15.1. The van der Waals surface area contributed by atoms with Crippen LogP contribution >= 0.6 is 15.9 Å². The van der Waals surface area contributed by atoms with Gasteiger partial charge in [0, 0.05) is 23.1 Å². The van der Waals surface area contributed by atoms with E-state index in [1.165, 1.54) is 0 Å². The molecule has 4 nitrogen and oxygen atoms in total. The average molecular weight is 429 g/mol. The summed E-state index contributed by atoms with van der Waals surface area (Å²) in [4.78, 5) is 11.8. The maximum atomic E-state index is 11.8. The number of carboxylic acids is 1. The molecule has 0 bridgehead atoms. The van der Waals surface area contributed by atoms with Gasteiger partial charge in [0.05, 0.1) is 11.7 Å². The molecule has 5 atom stereocenters. The summed E-state index contributed by atoms with van der Waals surface area (Å²) < 4.78 is 12.9. The van der Waals surface area contributed by atoms with Gasteiger partial charge in [-0.05, 0) is 29.5 Å². The molecule has 0 saturated heterocycles. The largest absolute Gasteiger partial charge is 0.484 e. The molecule has 4 rings (SSSR count). The third-order valence-electron chi connectivity index (χ3n) is 5.75. The molecule has 1 N–H and O–H groups in total. The van der Waals surface area contributed by atoms with Gasteiger partial charge in [-0.2, -0.15) is 0 Å². The summed E-state index contributed by atoms with van der Waals surface area (Å²) in [6, 6.07) is 15.9. The highest BCUT2D eigenvalue weighted by atomic mass is 79.9. The van der Waals surface area contributed by atoms with E-state index >= 15 is 0 Å². The van der Waals surface area contributed by atoms with Crippen LogP contribution in [-0.4, -0.2) is 24.3 Å². The van der Waals surface area contributed by atoms with Gasteiger partial charge in [0.2, 0.25) is 0 Å². The Balaban J connectivity index is 1.74. The van der Waals surface area contributed by atoms with Crippen molar-refractivity contribution in [3.63, 3.8) is 0 Å². The van der Waals surface area contributed by atoms with Crippen LogP contribution in [0.25, 0.3) is 0 Å². The Morgan fingerprint density at radius 1 is 1.19 bits per heavy atom. The summed E-state index contributed by atoms with van der Waals surface area (Å²) in [6.07, 6.45) is 1.27. The quantitative estimate of drug-likeness (QED) is 0.730. The smallest absolute Gasteiger partial charge is 0.335 e. The first kappa shape index (κ1) is 18.3. The average Bonchev–Trinajstić information content (AvgIpc) is 3.21. The first-order valence-electron chi connectivity index (χ1n) is 9.00. The van der Waals surface area contributed by atoms with Crippen LogP contribution < -0.4 is 4.74 Å². The Bertz CT molecular complexity index is 907. The highest BCUT2D eigenvalue weighted by Crippen LogP contribution is 2.54. The lowest BCUT2D eigenvalue weighted by molar-refractivity contribution is -0.133. The molecule has 0 amide bonds. The predicted molar refractivity (Wildman–Crippen MR) is 106 cm³/mol. The Hall–Kier alpha value is -2.11. The molecular weight excluding hydrogens is 408 g/mol. The fraction of sp³-hybridized carbons (Fsp3) is 0.318. The molecule has 0 radical (unpaired) electrons. The molecule has 0 unspecified atom stereocenters. The van der Waals surface area contributed by atoms with Crippen molar-refractivity contribution in [1.29, 1.82) is 0 Å². The van der Waals surface area contributed by atoms with E-state index in [0.29, 0.717) is 5.57 Å². The van der Waals surface area contributed by atoms with E-state index < -0.39 is 12.1 Å². The number of hydrogen-bond acceptors (Lipinski definition) is 3. The van der Waals surface area contributed by atoms with Gasteiger partial charge in [0.1, 0.15) is 11.9 Å². The number of ether oxygens (including phenoxy) is 2. The van der Waals surface area contributed by atoms with Crippen LogP contribution in [-0.2, 0) is 9.53 Å². The highest BCUT2D eigenvalue weighted by Gasteiger charge is 2.50. The Labute approximate surface area is 166 Å². The van der Waals surface area contributed by atoms with Gasteiger partial charge >= 0.3 is 5.97 Å². The summed E-state index contributed by atoms with van der Waals surface area (Å²) in [5, 5.41) is 9.71. The van der Waals surface area contributed by atoms with Crippen molar-refractivity contribution in [2.24, 2.45) is 11.8 Å². The van der Waals surface area contributed by atoms with E-state index in [1.54, 1.807) is 7.11 Å². The summed E-state index contributed by atoms with van der Waals surface area (Å²) >= 11 is 3.62. The minimum Gasteiger partial charge on any atom is -0.484 e. The van der Waals surface area contributed by atoms with Crippen molar-refractivity contribution in [3.8, 4) is 5.75 Å². The molecule has 0 saturated carbocycles. The number of carbonyl (C=O) groups is 1. The zero-order valence-corrected chi connectivity index (χ0v) is 16.7. The van der Waals surface area contributed by atoms with Gasteiger partial charge < -0.3 is 14.6 Å². The van der Waals surface area contributed by atoms with E-state index in [0.717, 1.165) is 21.3 Å². The summed E-state index contributed by atoms with van der Waals surface area (Å²) in [6.45, 7) is 2.12. The highest BCUT2D eigenvalue weighted by molar-refractivity contribution is 9.10. The number of aliphatic carboxylic acids is 1. The standard InChI is InChI=1S/C22H21BrO4/c1-12(20(26-2)13-7-3-5-9-17(13)23)15-11-16(22(24)25)21-19(15)14-8-4-6-10-18(14)27-21/h3-12,15,19-21H,1-2H3,(H,24,25)/t12-,15-,19-,20+,21+/m1/s1. The van der Waals surface area contributed by atoms with E-state index in [9.17, 15) is 9.90 Å². The maximum absolute atomic E-state index is 11.8. The number of fused-ring (bicyclic) bond motifs is 3. The maximum Gasteiger partial charge on any atom is 0.335 e. The van der Waals surface area contributed by atoms with Crippen LogP contribution in [0.3, 0.4) is 0 Å². The lowest BCUT2D eigenvalue weighted by atomic mass is 9.77. The predicted octanol–water partition coefficient (Wildman–Crippen LogP) is 4.96. The Morgan fingerprint density at radius 3 is 2.59 bits per heavy atom. The van der Waals surface area contributed by atoms with Gasteiger partial charge in [0.25, 0.3) is 0 Å². The van der Waals surface area contributed by atoms with E-state index in [4.69, 9.17) is 9.47 Å². The van der Waals surface area contributed by atoms with Gasteiger partial charge in [0.15, 0.2) is 0 Å². The first-order chi connectivity index (χ1) is 13.0. The molecule has 27 heavy (non-hydrogen) atoms. The van der Waals surface area contributed by atoms with Gasteiger partial charge in [-0.3, -0.25) is 0 Å². The van der Waals surface area contributed by atoms with E-state index in [1.807, 2.05) is 54.6 Å². The van der Waals surface area contributed by atoms with Crippen molar-refractivity contribution in [2.75, 3.05) is 7.11 Å². The van der Waals surface area contributed by atoms with E-state index in [-0.39, 0.29) is 23.9 Å². The van der Waals surface area contributed by atoms with Crippen molar-refractivity contribution in [2.45, 2.75) is 25.0 Å². The van der Waals surface area contributed by atoms with Crippen molar-refractivity contribution >= 4 is 21.9 Å². The lowest BCUT2D eigenvalue weighted by Gasteiger charge is -2.31. The van der Waals surface area contributed by atoms with E-state index in [2.05, 4.69) is 22.9 Å². The number of rotatable bonds is 5. The van der Waals surface area contributed by atoms with Crippen LogP contribution in [0.5, 0.6) is 5.75 Å². The number of benzene rings is 2. The second kappa shape index (κ2) is 7.13. The third-order valence-corrected chi connectivity index (χ3v) is 6.47. The second-order valence-electron chi connectivity index (χ2n) is 7.14. The molecule has 1 aliphatic carbocycles. The number of methoxy groups -OCH3 is 1. The summed E-state index contributed by atoms with van der Waals surface area (Å²) in [7, 11) is 1.70. The van der Waals surface area contributed by atoms with Crippen LogP contribution in [0.2, 0.25) is 0 Å². The molecule has 1 aliphatic heterocycles. The third kappa shape index (κ3) is 2.99. The molecule has 0 aromatic heterocycles. The Morgan fingerprint density at radius 2 is 1.89 bits per heavy atom. The minimum absolute atomic E-state index is 0.00167. The van der Waals surface area contributed by atoms with Gasteiger partial charge in [-0.1, -0.05) is 65.3 Å². The van der Waals surface area contributed by atoms with Gasteiger partial charge in [-0.25, -0.2) is 4.79 Å². The molecule has 2 aromatic carbocycles. The van der Waals surface area contributed by atoms with Crippen LogP contribution in [0.15, 0.2) is 64.7 Å². The number of halogens is 1. The molecular formula is C22H21BrO4. The normalized spacial score (nSPS) is 25.1.